The fourth-order valence-electron chi connectivity index (χ4n) is 1.12. The predicted octanol–water partition coefficient (Wildman–Crippen LogP) is 2.74. The van der Waals surface area contributed by atoms with Gasteiger partial charge in [0, 0.05) is 17.0 Å². The Morgan fingerprint density at radius 3 is 2.33 bits per heavy atom. The number of carbonyl (C=O) groups is 1. The van der Waals surface area contributed by atoms with Gasteiger partial charge in [0.25, 0.3) is 5.91 Å². The third kappa shape index (κ3) is 3.56. The third-order valence-corrected chi connectivity index (χ3v) is 2.77. The van der Waals surface area contributed by atoms with Crippen molar-refractivity contribution in [3.05, 3.63) is 35.4 Å². The van der Waals surface area contributed by atoms with Crippen molar-refractivity contribution in [1.82, 2.24) is 5.32 Å². The van der Waals surface area contributed by atoms with Crippen LogP contribution in [0, 0.1) is 6.92 Å². The van der Waals surface area contributed by atoms with Gasteiger partial charge >= 0.3 is 0 Å². The number of rotatable bonds is 3. The first-order valence-electron chi connectivity index (χ1n) is 4.90. The van der Waals surface area contributed by atoms with Crippen molar-refractivity contribution in [3.63, 3.8) is 0 Å². The van der Waals surface area contributed by atoms with Crippen LogP contribution in [0.5, 0.6) is 0 Å². The van der Waals surface area contributed by atoms with Crippen LogP contribution < -0.4 is 5.32 Å². The van der Waals surface area contributed by atoms with E-state index in [9.17, 15) is 4.79 Å². The summed E-state index contributed by atoms with van der Waals surface area (Å²) in [5, 5.41) is 2.87. The van der Waals surface area contributed by atoms with Crippen molar-refractivity contribution < 1.29 is 4.79 Å². The van der Waals surface area contributed by atoms with Gasteiger partial charge in [-0.15, -0.1) is 11.6 Å². The Labute approximate surface area is 95.6 Å². The molecular weight excluding hydrogens is 210 g/mol. The number of alkyl halides is 1. The molecule has 82 valence electrons. The second kappa shape index (κ2) is 4.67. The van der Waals surface area contributed by atoms with Gasteiger partial charge in [-0.25, -0.2) is 0 Å². The molecular formula is C12H16ClNO. The fraction of sp³-hybridized carbons (Fsp3) is 0.417. The highest BCUT2D eigenvalue weighted by molar-refractivity contribution is 6.18. The Bertz CT molecular complexity index is 343. The van der Waals surface area contributed by atoms with Crippen LogP contribution in [0.25, 0.3) is 0 Å². The lowest BCUT2D eigenvalue weighted by atomic mass is 10.1. The van der Waals surface area contributed by atoms with Crippen molar-refractivity contribution in [1.29, 1.82) is 0 Å². The number of amides is 1. The highest BCUT2D eigenvalue weighted by Crippen LogP contribution is 2.08. The smallest absolute Gasteiger partial charge is 0.251 e. The van der Waals surface area contributed by atoms with Crippen molar-refractivity contribution in [3.8, 4) is 0 Å². The molecule has 0 atom stereocenters. The van der Waals surface area contributed by atoms with Crippen LogP contribution in [0.2, 0.25) is 0 Å². The molecule has 2 nitrogen and oxygen atoms in total. The molecule has 0 saturated carbocycles. The average molecular weight is 226 g/mol. The molecule has 0 aromatic heterocycles. The molecule has 1 N–H and O–H groups in total. The predicted molar refractivity (Wildman–Crippen MR) is 63.4 cm³/mol. The van der Waals surface area contributed by atoms with Crippen molar-refractivity contribution >= 4 is 17.5 Å². The first-order valence-corrected chi connectivity index (χ1v) is 5.43. The second-order valence-electron chi connectivity index (χ2n) is 4.34. The lowest BCUT2D eigenvalue weighted by Gasteiger charge is -2.23. The number of halogens is 1. The van der Waals surface area contributed by atoms with Gasteiger partial charge < -0.3 is 5.32 Å². The molecule has 1 rings (SSSR count). The normalized spacial score (nSPS) is 11.2. The zero-order valence-electron chi connectivity index (χ0n) is 9.30. The Morgan fingerprint density at radius 2 is 1.87 bits per heavy atom. The van der Waals surface area contributed by atoms with Crippen molar-refractivity contribution in [2.75, 3.05) is 5.88 Å². The second-order valence-corrected chi connectivity index (χ2v) is 4.60. The van der Waals surface area contributed by atoms with E-state index in [1.165, 1.54) is 0 Å². The molecule has 0 aliphatic rings. The van der Waals surface area contributed by atoms with E-state index in [2.05, 4.69) is 5.32 Å². The summed E-state index contributed by atoms with van der Waals surface area (Å²) >= 11 is 5.74. The summed E-state index contributed by atoms with van der Waals surface area (Å²) in [6.07, 6.45) is 0. The van der Waals surface area contributed by atoms with Gasteiger partial charge in [0.2, 0.25) is 0 Å². The fourth-order valence-corrected chi connectivity index (χ4v) is 1.18. The highest BCUT2D eigenvalue weighted by Gasteiger charge is 2.19. The molecule has 0 fully saturated rings. The summed E-state index contributed by atoms with van der Waals surface area (Å²) in [4.78, 5) is 11.8. The van der Waals surface area contributed by atoms with E-state index in [1.807, 2.05) is 45.0 Å². The summed E-state index contributed by atoms with van der Waals surface area (Å²) in [7, 11) is 0. The molecule has 1 amide bonds. The van der Waals surface area contributed by atoms with Crippen LogP contribution in [0.15, 0.2) is 24.3 Å². The molecule has 0 spiro atoms. The van der Waals surface area contributed by atoms with E-state index in [1.54, 1.807) is 0 Å². The Balaban J connectivity index is 2.74. The van der Waals surface area contributed by atoms with Gasteiger partial charge in [0.15, 0.2) is 0 Å². The standard InChI is InChI=1S/C12H16ClNO/c1-9-4-6-10(7-5-9)11(15)14-12(2,3)8-13/h4-7H,8H2,1-3H3,(H,14,15). The minimum absolute atomic E-state index is 0.0827. The summed E-state index contributed by atoms with van der Waals surface area (Å²) in [6, 6.07) is 7.47. The van der Waals surface area contributed by atoms with Crippen LogP contribution in [-0.2, 0) is 0 Å². The minimum Gasteiger partial charge on any atom is -0.346 e. The number of carbonyl (C=O) groups excluding carboxylic acids is 1. The average Bonchev–Trinajstić information content (AvgIpc) is 2.18. The third-order valence-electron chi connectivity index (χ3n) is 2.10. The summed E-state index contributed by atoms with van der Waals surface area (Å²) in [5.74, 6) is 0.311. The molecule has 0 aliphatic carbocycles. The van der Waals surface area contributed by atoms with Gasteiger partial charge in [0.05, 0.1) is 0 Å². The number of hydrogen-bond donors (Lipinski definition) is 1. The van der Waals surface area contributed by atoms with E-state index in [0.29, 0.717) is 11.4 Å². The van der Waals surface area contributed by atoms with E-state index in [-0.39, 0.29) is 11.4 Å². The summed E-state index contributed by atoms with van der Waals surface area (Å²) in [6.45, 7) is 5.78. The quantitative estimate of drug-likeness (QED) is 0.788. The van der Waals surface area contributed by atoms with Gasteiger partial charge in [-0.2, -0.15) is 0 Å². The van der Waals surface area contributed by atoms with Crippen LogP contribution in [-0.4, -0.2) is 17.3 Å². The maximum atomic E-state index is 11.8. The molecule has 1 aromatic rings. The Kier molecular flexibility index (Phi) is 3.75. The molecule has 0 radical (unpaired) electrons. The van der Waals surface area contributed by atoms with E-state index in [4.69, 9.17) is 11.6 Å². The van der Waals surface area contributed by atoms with Gasteiger partial charge in [-0.1, -0.05) is 17.7 Å². The molecule has 15 heavy (non-hydrogen) atoms. The molecule has 0 heterocycles. The number of nitrogens with one attached hydrogen (secondary N) is 1. The zero-order chi connectivity index (χ0) is 11.5. The van der Waals surface area contributed by atoms with Crippen molar-refractivity contribution in [2.45, 2.75) is 26.3 Å². The maximum Gasteiger partial charge on any atom is 0.251 e. The largest absolute Gasteiger partial charge is 0.346 e. The first kappa shape index (κ1) is 12.1. The van der Waals surface area contributed by atoms with Crippen LogP contribution in [0.1, 0.15) is 29.8 Å². The summed E-state index contributed by atoms with van der Waals surface area (Å²) in [5.41, 5.74) is 1.44. The van der Waals surface area contributed by atoms with Crippen molar-refractivity contribution in [2.24, 2.45) is 0 Å². The number of hydrogen-bond acceptors (Lipinski definition) is 1. The lowest BCUT2D eigenvalue weighted by Crippen LogP contribution is -2.44. The first-order chi connectivity index (χ1) is 6.94. The van der Waals surface area contributed by atoms with Gasteiger partial charge in [-0.05, 0) is 32.9 Å². The van der Waals surface area contributed by atoms with E-state index in [0.717, 1.165) is 5.56 Å². The Morgan fingerprint density at radius 1 is 1.33 bits per heavy atom. The molecule has 0 bridgehead atoms. The lowest BCUT2D eigenvalue weighted by molar-refractivity contribution is 0.0920. The zero-order valence-corrected chi connectivity index (χ0v) is 10.1. The number of benzene rings is 1. The molecule has 0 aliphatic heterocycles. The van der Waals surface area contributed by atoms with Crippen LogP contribution in [0.4, 0.5) is 0 Å². The van der Waals surface area contributed by atoms with Gasteiger partial charge in [0.1, 0.15) is 0 Å². The molecule has 0 saturated heterocycles. The maximum absolute atomic E-state index is 11.8. The highest BCUT2D eigenvalue weighted by atomic mass is 35.5. The molecule has 3 heteroatoms. The monoisotopic (exact) mass is 225 g/mol. The number of aryl methyl sites for hydroxylation is 1. The topological polar surface area (TPSA) is 29.1 Å². The van der Waals surface area contributed by atoms with E-state index >= 15 is 0 Å². The van der Waals surface area contributed by atoms with Gasteiger partial charge in [-0.3, -0.25) is 4.79 Å². The van der Waals surface area contributed by atoms with E-state index < -0.39 is 0 Å². The molecule has 0 unspecified atom stereocenters. The minimum atomic E-state index is -0.372. The summed E-state index contributed by atoms with van der Waals surface area (Å²) < 4.78 is 0. The molecule has 1 aromatic carbocycles. The van der Waals surface area contributed by atoms with Crippen LogP contribution in [0.3, 0.4) is 0 Å². The Hall–Kier alpha value is -1.02. The van der Waals surface area contributed by atoms with Crippen LogP contribution >= 0.6 is 11.6 Å². The SMILES string of the molecule is Cc1ccc(C(=O)NC(C)(C)CCl)cc1.